The normalized spacial score (nSPS) is 17.8. The third kappa shape index (κ3) is 4.58. The molecule has 1 aliphatic heterocycles. The Morgan fingerprint density at radius 1 is 1.09 bits per heavy atom. The quantitative estimate of drug-likeness (QED) is 0.487. The first-order valence-corrected chi connectivity index (χ1v) is 11.6. The van der Waals surface area contributed by atoms with E-state index in [-0.39, 0.29) is 5.91 Å². The third-order valence-electron chi connectivity index (χ3n) is 6.73. The number of benzene rings is 2. The Morgan fingerprint density at radius 3 is 2.65 bits per heavy atom. The summed E-state index contributed by atoms with van der Waals surface area (Å²) in [4.78, 5) is 18.0. The molecule has 1 saturated heterocycles. The molecule has 0 saturated carbocycles. The monoisotopic (exact) mass is 460 g/mol. The number of ether oxygens (including phenoxy) is 1. The first-order chi connectivity index (χ1) is 16.5. The van der Waals surface area contributed by atoms with Gasteiger partial charge in [-0.1, -0.05) is 12.1 Å². The number of fused-ring (bicyclic) bond motifs is 1. The highest BCUT2D eigenvalue weighted by Crippen LogP contribution is 2.43. The van der Waals surface area contributed by atoms with Crippen molar-refractivity contribution < 1.29 is 18.3 Å². The van der Waals surface area contributed by atoms with Crippen LogP contribution in [0.15, 0.2) is 60.9 Å². The van der Waals surface area contributed by atoms with E-state index in [1.54, 1.807) is 17.3 Å². The van der Waals surface area contributed by atoms with E-state index in [4.69, 9.17) is 4.74 Å². The molecule has 0 radical (unpaired) electrons. The molecule has 3 aromatic rings. The van der Waals surface area contributed by atoms with Crippen LogP contribution < -0.4 is 4.74 Å². The largest absolute Gasteiger partial charge is 0.494 e. The number of rotatable bonds is 6. The van der Waals surface area contributed by atoms with Crippen molar-refractivity contribution in [2.45, 2.75) is 25.7 Å². The number of hydrogen-bond donors (Lipinski definition) is 0. The van der Waals surface area contributed by atoms with Crippen molar-refractivity contribution in [3.8, 4) is 5.75 Å². The summed E-state index contributed by atoms with van der Waals surface area (Å²) in [5, 5.41) is 0. The smallest absolute Gasteiger partial charge is 0.222 e. The van der Waals surface area contributed by atoms with E-state index in [1.165, 1.54) is 12.1 Å². The van der Waals surface area contributed by atoms with Crippen LogP contribution in [0, 0.1) is 17.6 Å². The second kappa shape index (κ2) is 9.37. The predicted octanol–water partition coefficient (Wildman–Crippen LogP) is 5.51. The maximum Gasteiger partial charge on any atom is 0.222 e. The maximum atomic E-state index is 14.1. The minimum atomic E-state index is -0.603. The molecule has 1 unspecified atom stereocenters. The first kappa shape index (κ1) is 22.3. The molecule has 1 atom stereocenters. The van der Waals surface area contributed by atoms with Crippen LogP contribution in [0.5, 0.6) is 5.75 Å². The Kier molecular flexibility index (Phi) is 6.14. The molecule has 174 valence electrons. The molecule has 0 N–H and O–H groups in total. The van der Waals surface area contributed by atoms with Crippen LogP contribution in [-0.2, 0) is 11.2 Å². The van der Waals surface area contributed by atoms with Gasteiger partial charge in [-0.15, -0.1) is 0 Å². The summed E-state index contributed by atoms with van der Waals surface area (Å²) in [7, 11) is 1.85. The van der Waals surface area contributed by atoms with Crippen molar-refractivity contribution in [2.24, 2.45) is 5.92 Å². The lowest BCUT2D eigenvalue weighted by Crippen LogP contribution is -2.36. The molecule has 1 aliphatic carbocycles. The number of carbonyl (C=O) groups is 1. The highest BCUT2D eigenvalue weighted by atomic mass is 19.1. The summed E-state index contributed by atoms with van der Waals surface area (Å²) in [6, 6.07) is 13.3. The maximum absolute atomic E-state index is 14.1. The molecule has 1 fully saturated rings. The van der Waals surface area contributed by atoms with Crippen LogP contribution in [-0.4, -0.2) is 36.0 Å². The van der Waals surface area contributed by atoms with Crippen LogP contribution in [0.3, 0.4) is 0 Å². The average molecular weight is 461 g/mol. The summed E-state index contributed by atoms with van der Waals surface area (Å²) in [6.45, 7) is 1.35. The van der Waals surface area contributed by atoms with Gasteiger partial charge in [-0.3, -0.25) is 9.78 Å². The molecule has 0 bridgehead atoms. The highest BCUT2D eigenvalue weighted by Gasteiger charge is 2.26. The predicted molar refractivity (Wildman–Crippen MR) is 127 cm³/mol. The van der Waals surface area contributed by atoms with Crippen LogP contribution in [0.25, 0.3) is 11.1 Å². The second-order valence-electron chi connectivity index (χ2n) is 9.06. The molecule has 5 rings (SSSR count). The van der Waals surface area contributed by atoms with Gasteiger partial charge in [-0.25, -0.2) is 8.78 Å². The number of nitrogens with zero attached hydrogens (tertiary/aromatic N) is 2. The van der Waals surface area contributed by atoms with Gasteiger partial charge in [0, 0.05) is 38.5 Å². The van der Waals surface area contributed by atoms with Gasteiger partial charge in [0.05, 0.1) is 6.61 Å². The molecule has 2 aromatic carbocycles. The van der Waals surface area contributed by atoms with Gasteiger partial charge in [-0.2, -0.15) is 0 Å². The van der Waals surface area contributed by atoms with Gasteiger partial charge in [0.2, 0.25) is 5.91 Å². The van der Waals surface area contributed by atoms with Crippen LogP contribution in [0.2, 0.25) is 0 Å². The van der Waals surface area contributed by atoms with Crippen LogP contribution in [0.1, 0.15) is 41.5 Å². The minimum Gasteiger partial charge on any atom is -0.494 e. The number of hydrogen-bond acceptors (Lipinski definition) is 3. The zero-order chi connectivity index (χ0) is 23.7. The van der Waals surface area contributed by atoms with E-state index in [2.05, 4.69) is 4.98 Å². The van der Waals surface area contributed by atoms with Crippen molar-refractivity contribution in [1.29, 1.82) is 0 Å². The minimum absolute atomic E-state index is 0.198. The van der Waals surface area contributed by atoms with Crippen molar-refractivity contribution in [3.05, 3.63) is 94.8 Å². The number of likely N-dealkylation sites (tertiary alicyclic amines) is 1. The molecule has 6 heteroatoms. The fourth-order valence-electron chi connectivity index (χ4n) is 4.90. The van der Waals surface area contributed by atoms with Crippen LogP contribution in [0.4, 0.5) is 8.78 Å². The lowest BCUT2D eigenvalue weighted by molar-refractivity contribution is -0.133. The molecule has 2 heterocycles. The fourth-order valence-corrected chi connectivity index (χ4v) is 4.90. The molecule has 34 heavy (non-hydrogen) atoms. The standard InChI is InChI=1S/C28H26F2N2O2/c1-32-9-6-18(11-27(32)33)7-10-34-24-4-5-25-20(14-24)15-26(19-3-2-8-31-17-19)28(25)21-12-22(29)16-23(30)13-21/h2-5,8,12-14,16-18H,6-7,9-11,15H2,1H3. The second-order valence-corrected chi connectivity index (χ2v) is 9.06. The number of aromatic nitrogens is 1. The molecule has 2 aliphatic rings. The molecular formula is C28H26F2N2O2. The highest BCUT2D eigenvalue weighted by molar-refractivity contribution is 6.03. The average Bonchev–Trinajstić information content (AvgIpc) is 3.20. The molecular weight excluding hydrogens is 434 g/mol. The molecule has 1 aromatic heterocycles. The topological polar surface area (TPSA) is 42.4 Å². The summed E-state index contributed by atoms with van der Waals surface area (Å²) >= 11 is 0. The Bertz CT molecular complexity index is 1240. The summed E-state index contributed by atoms with van der Waals surface area (Å²) in [5.74, 6) is 0.105. The number of amides is 1. The van der Waals surface area contributed by atoms with Gasteiger partial charge < -0.3 is 9.64 Å². The zero-order valence-electron chi connectivity index (χ0n) is 19.1. The SMILES string of the molecule is CN1CCC(CCOc2ccc3c(c2)CC(c2cccnc2)=C3c2cc(F)cc(F)c2)CC1=O. The third-order valence-corrected chi connectivity index (χ3v) is 6.73. The number of halogens is 2. The van der Waals surface area contributed by atoms with E-state index in [9.17, 15) is 13.6 Å². The number of piperidine rings is 1. The Hall–Kier alpha value is -3.54. The summed E-state index contributed by atoms with van der Waals surface area (Å²) < 4.78 is 34.2. The molecule has 4 nitrogen and oxygen atoms in total. The van der Waals surface area contributed by atoms with Crippen molar-refractivity contribution in [2.75, 3.05) is 20.2 Å². The number of carbonyl (C=O) groups excluding carboxylic acids is 1. The lowest BCUT2D eigenvalue weighted by Gasteiger charge is -2.28. The van der Waals surface area contributed by atoms with Gasteiger partial charge in [0.15, 0.2) is 0 Å². The molecule has 0 spiro atoms. The first-order valence-electron chi connectivity index (χ1n) is 11.6. The summed E-state index contributed by atoms with van der Waals surface area (Å²) in [5.41, 5.74) is 5.22. The van der Waals surface area contributed by atoms with Gasteiger partial charge in [0.1, 0.15) is 17.4 Å². The van der Waals surface area contributed by atoms with Crippen molar-refractivity contribution in [3.63, 3.8) is 0 Å². The fraction of sp³-hybridized carbons (Fsp3) is 0.286. The Morgan fingerprint density at radius 2 is 1.91 bits per heavy atom. The Balaban J connectivity index is 1.38. The molecule has 1 amide bonds. The lowest BCUT2D eigenvalue weighted by atomic mass is 9.94. The van der Waals surface area contributed by atoms with E-state index < -0.39 is 11.6 Å². The van der Waals surface area contributed by atoms with Crippen LogP contribution >= 0.6 is 0 Å². The zero-order valence-corrected chi connectivity index (χ0v) is 19.1. The van der Waals surface area contributed by atoms with Gasteiger partial charge in [-0.05, 0) is 88.9 Å². The number of pyridine rings is 1. The van der Waals surface area contributed by atoms with Gasteiger partial charge in [0.25, 0.3) is 0 Å². The number of allylic oxidation sites excluding steroid dienone is 1. The Labute approximate surface area is 197 Å². The van der Waals surface area contributed by atoms with Crippen molar-refractivity contribution in [1.82, 2.24) is 9.88 Å². The van der Waals surface area contributed by atoms with E-state index in [1.807, 2.05) is 37.4 Å². The van der Waals surface area contributed by atoms with E-state index in [0.717, 1.165) is 59.0 Å². The van der Waals surface area contributed by atoms with Gasteiger partial charge >= 0.3 is 0 Å². The van der Waals surface area contributed by atoms with Crippen molar-refractivity contribution >= 4 is 17.1 Å². The van der Waals surface area contributed by atoms with E-state index in [0.29, 0.717) is 30.9 Å². The van der Waals surface area contributed by atoms with E-state index >= 15 is 0 Å². The summed E-state index contributed by atoms with van der Waals surface area (Å²) in [6.07, 6.45) is 6.52.